The molecule has 16 heavy (non-hydrogen) atoms. The third-order valence-electron chi connectivity index (χ3n) is 2.24. The molecular weight excluding hydrogens is 279 g/mol. The molecule has 0 saturated carbocycles. The van der Waals surface area contributed by atoms with Gasteiger partial charge in [-0.15, -0.1) is 0 Å². The van der Waals surface area contributed by atoms with Crippen LogP contribution in [0.4, 0.5) is 0 Å². The van der Waals surface area contributed by atoms with Crippen LogP contribution < -0.4 is 4.46 Å². The van der Waals surface area contributed by atoms with Crippen LogP contribution in [-0.2, 0) is 0 Å². The molecule has 2 rings (SSSR count). The molecule has 0 bridgehead atoms. The van der Waals surface area contributed by atoms with Gasteiger partial charge >= 0.3 is 108 Å². The molecule has 0 heterocycles. The molecule has 0 aliphatic rings. The van der Waals surface area contributed by atoms with Crippen LogP contribution >= 0.6 is 12.2 Å². The molecular formula is C14H12SSe. The van der Waals surface area contributed by atoms with E-state index in [0.717, 1.165) is 3.76 Å². The third kappa shape index (κ3) is 3.02. The zero-order valence-electron chi connectivity index (χ0n) is 9.01. The van der Waals surface area contributed by atoms with Crippen LogP contribution in [0, 0.1) is 6.92 Å². The van der Waals surface area contributed by atoms with Gasteiger partial charge < -0.3 is 0 Å². The SMILES string of the molecule is Cc1ccc([Se]C(=S)c2ccccc2)cc1. The fourth-order valence-electron chi connectivity index (χ4n) is 1.35. The Morgan fingerprint density at radius 2 is 1.56 bits per heavy atom. The van der Waals surface area contributed by atoms with Gasteiger partial charge in [0, 0.05) is 0 Å². The van der Waals surface area contributed by atoms with Crippen molar-refractivity contribution in [2.45, 2.75) is 6.92 Å². The van der Waals surface area contributed by atoms with Crippen LogP contribution in [-0.4, -0.2) is 18.7 Å². The van der Waals surface area contributed by atoms with Crippen LogP contribution in [0.1, 0.15) is 11.1 Å². The summed E-state index contributed by atoms with van der Waals surface area (Å²) in [7, 11) is 0. The van der Waals surface area contributed by atoms with Gasteiger partial charge in [-0.3, -0.25) is 0 Å². The summed E-state index contributed by atoms with van der Waals surface area (Å²) in [6, 6.07) is 18.9. The Morgan fingerprint density at radius 3 is 2.19 bits per heavy atom. The van der Waals surface area contributed by atoms with E-state index in [-0.39, 0.29) is 15.0 Å². The summed E-state index contributed by atoms with van der Waals surface area (Å²) in [5, 5.41) is 0. The van der Waals surface area contributed by atoms with Crippen LogP contribution in [0.15, 0.2) is 54.6 Å². The predicted octanol–water partition coefficient (Wildman–Crippen LogP) is 2.70. The Bertz CT molecular complexity index is 474. The zero-order valence-corrected chi connectivity index (χ0v) is 11.5. The molecule has 0 aliphatic carbocycles. The van der Waals surface area contributed by atoms with E-state index in [2.05, 4.69) is 43.3 Å². The summed E-state index contributed by atoms with van der Waals surface area (Å²) in [5.74, 6) is 0. The van der Waals surface area contributed by atoms with E-state index in [1.54, 1.807) is 0 Å². The Kier molecular flexibility index (Phi) is 3.89. The topological polar surface area (TPSA) is 0 Å². The monoisotopic (exact) mass is 292 g/mol. The molecule has 2 aromatic rings. The zero-order chi connectivity index (χ0) is 11.4. The maximum atomic E-state index is 5.46. The van der Waals surface area contributed by atoms with E-state index in [9.17, 15) is 0 Å². The summed E-state index contributed by atoms with van der Waals surface area (Å²) < 4.78 is 2.41. The van der Waals surface area contributed by atoms with Gasteiger partial charge in [0.1, 0.15) is 0 Å². The van der Waals surface area contributed by atoms with Gasteiger partial charge in [0.05, 0.1) is 0 Å². The van der Waals surface area contributed by atoms with Crippen molar-refractivity contribution in [2.24, 2.45) is 0 Å². The second-order valence-electron chi connectivity index (χ2n) is 3.57. The van der Waals surface area contributed by atoms with E-state index in [4.69, 9.17) is 12.2 Å². The van der Waals surface area contributed by atoms with Crippen molar-refractivity contribution in [1.82, 2.24) is 0 Å². The van der Waals surface area contributed by atoms with Crippen LogP contribution in [0.5, 0.6) is 0 Å². The third-order valence-corrected chi connectivity index (χ3v) is 4.86. The summed E-state index contributed by atoms with van der Waals surface area (Å²) in [4.78, 5) is 0. The first kappa shape index (κ1) is 11.5. The number of thiocarbonyl (C=S) groups is 1. The second kappa shape index (κ2) is 5.40. The molecule has 80 valence electrons. The van der Waals surface area contributed by atoms with Crippen molar-refractivity contribution in [3.8, 4) is 0 Å². The maximum absolute atomic E-state index is 5.46. The van der Waals surface area contributed by atoms with E-state index < -0.39 is 0 Å². The molecule has 0 radical (unpaired) electrons. The Labute approximate surface area is 108 Å². The average molecular weight is 291 g/mol. The number of hydrogen-bond donors (Lipinski definition) is 0. The molecule has 0 aliphatic heterocycles. The average Bonchev–Trinajstić information content (AvgIpc) is 2.33. The summed E-state index contributed by atoms with van der Waals surface area (Å²) in [6.07, 6.45) is 0. The van der Waals surface area contributed by atoms with Crippen molar-refractivity contribution in [3.05, 3.63) is 65.7 Å². The Morgan fingerprint density at radius 1 is 0.938 bits per heavy atom. The van der Waals surface area contributed by atoms with Crippen molar-refractivity contribution < 1.29 is 0 Å². The van der Waals surface area contributed by atoms with E-state index in [1.165, 1.54) is 15.6 Å². The van der Waals surface area contributed by atoms with Gasteiger partial charge in [-0.25, -0.2) is 0 Å². The molecule has 0 saturated heterocycles. The van der Waals surface area contributed by atoms with Crippen molar-refractivity contribution in [1.29, 1.82) is 0 Å². The van der Waals surface area contributed by atoms with Gasteiger partial charge in [0.2, 0.25) is 0 Å². The fourth-order valence-corrected chi connectivity index (χ4v) is 3.54. The quantitative estimate of drug-likeness (QED) is 0.619. The Balaban J connectivity index is 2.11. The van der Waals surface area contributed by atoms with Gasteiger partial charge in [0.15, 0.2) is 0 Å². The molecule has 0 fully saturated rings. The minimum absolute atomic E-state index is 0.254. The normalized spacial score (nSPS) is 10.1. The molecule has 0 atom stereocenters. The number of hydrogen-bond acceptors (Lipinski definition) is 1. The second-order valence-corrected chi connectivity index (χ2v) is 6.83. The minimum atomic E-state index is 0.254. The first-order chi connectivity index (χ1) is 7.75. The summed E-state index contributed by atoms with van der Waals surface area (Å²) in [6.45, 7) is 2.10. The summed E-state index contributed by atoms with van der Waals surface area (Å²) in [5.41, 5.74) is 2.48. The molecule has 2 heteroatoms. The number of rotatable bonds is 3. The molecule has 0 amide bonds. The summed E-state index contributed by atoms with van der Waals surface area (Å²) >= 11 is 5.72. The van der Waals surface area contributed by atoms with E-state index in [1.807, 2.05) is 18.2 Å². The molecule has 2 aromatic carbocycles. The molecule has 0 nitrogen and oxygen atoms in total. The van der Waals surface area contributed by atoms with Crippen LogP contribution in [0.25, 0.3) is 0 Å². The fraction of sp³-hybridized carbons (Fsp3) is 0.0714. The molecule has 0 aromatic heterocycles. The van der Waals surface area contributed by atoms with Crippen LogP contribution in [0.3, 0.4) is 0 Å². The Hall–Kier alpha value is -0.951. The van der Waals surface area contributed by atoms with Crippen LogP contribution in [0.2, 0.25) is 0 Å². The number of aryl methyl sites for hydroxylation is 1. The molecule has 0 spiro atoms. The molecule has 0 unspecified atom stereocenters. The van der Waals surface area contributed by atoms with Crippen molar-refractivity contribution >= 4 is 35.4 Å². The van der Waals surface area contributed by atoms with Gasteiger partial charge in [-0.1, -0.05) is 0 Å². The predicted molar refractivity (Wildman–Crippen MR) is 74.7 cm³/mol. The molecule has 0 N–H and O–H groups in total. The van der Waals surface area contributed by atoms with Gasteiger partial charge in [0.25, 0.3) is 0 Å². The van der Waals surface area contributed by atoms with Crippen molar-refractivity contribution in [3.63, 3.8) is 0 Å². The van der Waals surface area contributed by atoms with E-state index in [0.29, 0.717) is 0 Å². The van der Waals surface area contributed by atoms with Gasteiger partial charge in [-0.2, -0.15) is 0 Å². The van der Waals surface area contributed by atoms with Gasteiger partial charge in [-0.05, 0) is 0 Å². The number of benzene rings is 2. The first-order valence-electron chi connectivity index (χ1n) is 5.09. The van der Waals surface area contributed by atoms with E-state index >= 15 is 0 Å². The van der Waals surface area contributed by atoms with Crippen molar-refractivity contribution in [2.75, 3.05) is 0 Å². The first-order valence-corrected chi connectivity index (χ1v) is 7.22. The standard InChI is InChI=1S/C14H12SSe/c1-11-7-9-13(10-8-11)16-14(15)12-5-3-2-4-6-12/h2-10H,1H3.